The molecule has 0 bridgehead atoms. The molecule has 104 valence electrons. The molecule has 0 aromatic heterocycles. The second kappa shape index (κ2) is 5.09. The average molecular weight is 292 g/mol. The number of amides is 2. The van der Waals surface area contributed by atoms with E-state index in [1.807, 2.05) is 30.3 Å². The van der Waals surface area contributed by atoms with Crippen LogP contribution in [0.25, 0.3) is 0 Å². The molecule has 2 saturated heterocycles. The Morgan fingerprint density at radius 2 is 2.10 bits per heavy atom. The van der Waals surface area contributed by atoms with E-state index in [2.05, 4.69) is 5.32 Å². The SMILES string of the molecule is O=C1OCCN1C(=O)[C@H]1NC(=S)O[C@@H]1c1ccccc1. The van der Waals surface area contributed by atoms with Crippen LogP contribution in [0.1, 0.15) is 11.7 Å². The Balaban J connectivity index is 1.85. The Morgan fingerprint density at radius 1 is 1.35 bits per heavy atom. The first-order valence-electron chi connectivity index (χ1n) is 6.17. The summed E-state index contributed by atoms with van der Waals surface area (Å²) in [5, 5.41) is 2.97. The van der Waals surface area contributed by atoms with E-state index in [1.165, 1.54) is 0 Å². The standard InChI is InChI=1S/C13H12N2O4S/c16-11(15-6-7-18-13(15)17)9-10(19-12(20)14-9)8-4-2-1-3-5-8/h1-5,9-10H,6-7H2,(H,14,20)/t9-,10+/m0/s1. The van der Waals surface area contributed by atoms with Gasteiger partial charge in [0.1, 0.15) is 6.61 Å². The number of carbonyl (C=O) groups excluding carboxylic acids is 2. The summed E-state index contributed by atoms with van der Waals surface area (Å²) in [7, 11) is 0. The van der Waals surface area contributed by atoms with Crippen LogP contribution in [-0.2, 0) is 14.3 Å². The number of thiocarbonyl (C=S) groups is 1. The van der Waals surface area contributed by atoms with Gasteiger partial charge in [0.2, 0.25) is 0 Å². The lowest BCUT2D eigenvalue weighted by Crippen LogP contribution is -2.46. The summed E-state index contributed by atoms with van der Waals surface area (Å²) >= 11 is 4.98. The van der Waals surface area contributed by atoms with Gasteiger partial charge in [-0.1, -0.05) is 30.3 Å². The van der Waals surface area contributed by atoms with E-state index >= 15 is 0 Å². The largest absolute Gasteiger partial charge is 0.460 e. The van der Waals surface area contributed by atoms with Crippen molar-refractivity contribution in [3.8, 4) is 0 Å². The van der Waals surface area contributed by atoms with Gasteiger partial charge in [-0.3, -0.25) is 4.79 Å². The molecule has 0 unspecified atom stereocenters. The van der Waals surface area contributed by atoms with Gasteiger partial charge in [0, 0.05) is 0 Å². The highest BCUT2D eigenvalue weighted by molar-refractivity contribution is 7.80. The first-order valence-corrected chi connectivity index (χ1v) is 6.58. The summed E-state index contributed by atoms with van der Waals surface area (Å²) in [4.78, 5) is 25.0. The van der Waals surface area contributed by atoms with Crippen molar-refractivity contribution in [1.29, 1.82) is 0 Å². The molecule has 1 N–H and O–H groups in total. The van der Waals surface area contributed by atoms with Gasteiger partial charge in [0.15, 0.2) is 12.1 Å². The molecule has 2 aliphatic rings. The Bertz CT molecular complexity index is 563. The van der Waals surface area contributed by atoms with Gasteiger partial charge in [-0.15, -0.1) is 0 Å². The number of hydrogen-bond donors (Lipinski definition) is 1. The summed E-state index contributed by atoms with van der Waals surface area (Å²) < 4.78 is 10.3. The minimum Gasteiger partial charge on any atom is -0.460 e. The van der Waals surface area contributed by atoms with E-state index in [-0.39, 0.29) is 24.2 Å². The van der Waals surface area contributed by atoms with Crippen LogP contribution in [0.3, 0.4) is 0 Å². The van der Waals surface area contributed by atoms with Crippen LogP contribution < -0.4 is 5.32 Å². The number of carbonyl (C=O) groups is 2. The third-order valence-electron chi connectivity index (χ3n) is 3.23. The number of imide groups is 1. The molecule has 20 heavy (non-hydrogen) atoms. The molecule has 0 aliphatic carbocycles. The maximum Gasteiger partial charge on any atom is 0.416 e. The van der Waals surface area contributed by atoms with Gasteiger partial charge in [-0.2, -0.15) is 0 Å². The normalized spacial score (nSPS) is 25.1. The van der Waals surface area contributed by atoms with Crippen LogP contribution in [0.15, 0.2) is 30.3 Å². The number of nitrogens with one attached hydrogen (secondary N) is 1. The predicted octanol–water partition coefficient (Wildman–Crippen LogP) is 0.980. The molecule has 0 spiro atoms. The van der Waals surface area contributed by atoms with E-state index in [9.17, 15) is 9.59 Å². The van der Waals surface area contributed by atoms with Crippen molar-refractivity contribution in [2.45, 2.75) is 12.1 Å². The lowest BCUT2D eigenvalue weighted by Gasteiger charge is -2.20. The first-order chi connectivity index (χ1) is 9.66. The van der Waals surface area contributed by atoms with Crippen LogP contribution >= 0.6 is 12.2 Å². The molecule has 0 radical (unpaired) electrons. The number of rotatable bonds is 2. The van der Waals surface area contributed by atoms with Gasteiger partial charge in [-0.25, -0.2) is 9.69 Å². The smallest absolute Gasteiger partial charge is 0.416 e. The number of cyclic esters (lactones) is 1. The predicted molar refractivity (Wildman–Crippen MR) is 72.9 cm³/mol. The third-order valence-corrected chi connectivity index (χ3v) is 3.45. The fourth-order valence-corrected chi connectivity index (χ4v) is 2.51. The molecular formula is C13H12N2O4S. The highest BCUT2D eigenvalue weighted by Crippen LogP contribution is 2.28. The molecule has 2 atom stereocenters. The lowest BCUT2D eigenvalue weighted by molar-refractivity contribution is -0.130. The molecule has 1 aromatic carbocycles. The molecule has 7 heteroatoms. The summed E-state index contributed by atoms with van der Waals surface area (Å²) in [5.41, 5.74) is 0.825. The van der Waals surface area contributed by atoms with Crippen molar-refractivity contribution in [3.63, 3.8) is 0 Å². The minimum atomic E-state index is -0.712. The van der Waals surface area contributed by atoms with Crippen molar-refractivity contribution in [2.24, 2.45) is 0 Å². The molecule has 1 aromatic rings. The molecule has 3 rings (SSSR count). The summed E-state index contributed by atoms with van der Waals surface area (Å²) in [6, 6.07) is 8.57. The fourth-order valence-electron chi connectivity index (χ4n) is 2.28. The first kappa shape index (κ1) is 12.9. The van der Waals surface area contributed by atoms with Gasteiger partial charge in [-0.05, 0) is 17.8 Å². The Morgan fingerprint density at radius 3 is 2.75 bits per heavy atom. The van der Waals surface area contributed by atoms with Gasteiger partial charge in [0.05, 0.1) is 6.54 Å². The maximum atomic E-state index is 12.4. The van der Waals surface area contributed by atoms with Crippen molar-refractivity contribution in [2.75, 3.05) is 13.2 Å². The number of benzene rings is 1. The summed E-state index contributed by atoms with van der Waals surface area (Å²) in [6.45, 7) is 0.475. The van der Waals surface area contributed by atoms with E-state index in [0.717, 1.165) is 10.5 Å². The third kappa shape index (κ3) is 2.20. The maximum absolute atomic E-state index is 12.4. The topological polar surface area (TPSA) is 67.9 Å². The van der Waals surface area contributed by atoms with Crippen LogP contribution in [0, 0.1) is 0 Å². The zero-order valence-electron chi connectivity index (χ0n) is 10.4. The molecule has 0 saturated carbocycles. The average Bonchev–Trinajstić information content (AvgIpc) is 3.05. The Hall–Kier alpha value is -2.15. The van der Waals surface area contributed by atoms with E-state index in [1.54, 1.807) is 0 Å². The summed E-state index contributed by atoms with van der Waals surface area (Å²) in [5.74, 6) is -0.388. The van der Waals surface area contributed by atoms with Crippen molar-refractivity contribution in [1.82, 2.24) is 10.2 Å². The lowest BCUT2D eigenvalue weighted by atomic mass is 10.0. The van der Waals surface area contributed by atoms with Crippen molar-refractivity contribution < 1.29 is 19.1 Å². The zero-order valence-corrected chi connectivity index (χ0v) is 11.3. The van der Waals surface area contributed by atoms with E-state index in [4.69, 9.17) is 21.7 Å². The van der Waals surface area contributed by atoms with Crippen LogP contribution in [-0.4, -0.2) is 41.3 Å². The van der Waals surface area contributed by atoms with Crippen molar-refractivity contribution in [3.05, 3.63) is 35.9 Å². The molecule has 6 nitrogen and oxygen atoms in total. The fraction of sp³-hybridized carbons (Fsp3) is 0.308. The molecule has 2 heterocycles. The van der Waals surface area contributed by atoms with E-state index < -0.39 is 18.2 Å². The van der Waals surface area contributed by atoms with Crippen molar-refractivity contribution >= 4 is 29.4 Å². The van der Waals surface area contributed by atoms with Gasteiger partial charge < -0.3 is 14.8 Å². The second-order valence-electron chi connectivity index (χ2n) is 4.46. The molecule has 2 amide bonds. The minimum absolute atomic E-state index is 0.157. The van der Waals surface area contributed by atoms with Gasteiger partial charge >= 0.3 is 6.09 Å². The van der Waals surface area contributed by atoms with Crippen LogP contribution in [0.4, 0.5) is 4.79 Å². The Labute approximate surface area is 120 Å². The van der Waals surface area contributed by atoms with Crippen LogP contribution in [0.5, 0.6) is 0 Å². The zero-order chi connectivity index (χ0) is 14.1. The number of hydrogen-bond acceptors (Lipinski definition) is 5. The number of ether oxygens (including phenoxy) is 2. The molecule has 2 fully saturated rings. The second-order valence-corrected chi connectivity index (χ2v) is 4.83. The highest BCUT2D eigenvalue weighted by Gasteiger charge is 2.43. The van der Waals surface area contributed by atoms with E-state index in [0.29, 0.717) is 0 Å². The number of nitrogens with zero attached hydrogens (tertiary/aromatic N) is 1. The summed E-state index contributed by atoms with van der Waals surface area (Å²) in [6.07, 6.45) is -1.16. The van der Waals surface area contributed by atoms with Crippen LogP contribution in [0.2, 0.25) is 0 Å². The highest BCUT2D eigenvalue weighted by atomic mass is 32.1. The van der Waals surface area contributed by atoms with Gasteiger partial charge in [0.25, 0.3) is 11.1 Å². The molecule has 2 aliphatic heterocycles. The quantitative estimate of drug-likeness (QED) is 0.820. The monoisotopic (exact) mass is 292 g/mol. The molecular weight excluding hydrogens is 280 g/mol. The Kier molecular flexibility index (Phi) is 3.27.